The van der Waals surface area contributed by atoms with E-state index in [-0.39, 0.29) is 12.6 Å². The van der Waals surface area contributed by atoms with Crippen LogP contribution in [0.3, 0.4) is 0 Å². The van der Waals surface area contributed by atoms with Gasteiger partial charge in [0.2, 0.25) is 5.95 Å². The van der Waals surface area contributed by atoms with E-state index in [2.05, 4.69) is 21.5 Å². The lowest BCUT2D eigenvalue weighted by molar-refractivity contribution is 0.287. The normalized spacial score (nSPS) is 16.2. The van der Waals surface area contributed by atoms with Gasteiger partial charge in [0.25, 0.3) is 0 Å². The minimum Gasteiger partial charge on any atom is -0.467 e. The molecule has 4 rings (SSSR count). The van der Waals surface area contributed by atoms with Crippen molar-refractivity contribution >= 4 is 23.2 Å². The second-order valence-electron chi connectivity index (χ2n) is 5.80. The first kappa shape index (κ1) is 15.9. The zero-order valence-corrected chi connectivity index (χ0v) is 14.1. The fraction of sp³-hybridized carbons (Fsp3) is 0.222. The van der Waals surface area contributed by atoms with Crippen molar-refractivity contribution < 1.29 is 9.52 Å². The molecule has 1 aliphatic rings. The van der Waals surface area contributed by atoms with E-state index in [1.807, 2.05) is 41.1 Å². The number of hydrogen-bond donors (Lipinski definition) is 2. The summed E-state index contributed by atoms with van der Waals surface area (Å²) in [5, 5.41) is 17.6. The predicted molar refractivity (Wildman–Crippen MR) is 95.3 cm³/mol. The number of aliphatic hydroxyl groups is 1. The van der Waals surface area contributed by atoms with Crippen LogP contribution in [0, 0.1) is 0 Å². The summed E-state index contributed by atoms with van der Waals surface area (Å²) in [6.45, 7) is 0.118. The molecule has 3 heterocycles. The second-order valence-corrected chi connectivity index (χ2v) is 6.23. The Kier molecular flexibility index (Phi) is 4.29. The molecule has 0 amide bonds. The number of nitrogens with one attached hydrogen (secondary N) is 1. The monoisotopic (exact) mass is 356 g/mol. The molecule has 0 saturated carbocycles. The molecule has 1 aliphatic heterocycles. The van der Waals surface area contributed by atoms with Crippen LogP contribution in [0.4, 0.5) is 5.95 Å². The van der Waals surface area contributed by atoms with Gasteiger partial charge in [-0.15, -0.1) is 0 Å². The van der Waals surface area contributed by atoms with Gasteiger partial charge >= 0.3 is 0 Å². The third-order valence-corrected chi connectivity index (χ3v) is 4.31. The van der Waals surface area contributed by atoms with Gasteiger partial charge in [-0.1, -0.05) is 23.7 Å². The van der Waals surface area contributed by atoms with E-state index in [0.29, 0.717) is 29.6 Å². The van der Waals surface area contributed by atoms with Gasteiger partial charge in [0, 0.05) is 23.7 Å². The van der Waals surface area contributed by atoms with Crippen molar-refractivity contribution in [3.8, 4) is 0 Å². The number of furan rings is 1. The molecule has 0 bridgehead atoms. The van der Waals surface area contributed by atoms with Crippen LogP contribution >= 0.6 is 11.6 Å². The van der Waals surface area contributed by atoms with Gasteiger partial charge in [-0.25, -0.2) is 4.68 Å². The number of halogens is 1. The van der Waals surface area contributed by atoms with Crippen molar-refractivity contribution in [2.24, 2.45) is 0 Å². The van der Waals surface area contributed by atoms with Crippen molar-refractivity contribution in [3.05, 3.63) is 70.9 Å². The molecule has 6 nitrogen and oxygen atoms in total. The topological polar surface area (TPSA) is 76.1 Å². The summed E-state index contributed by atoms with van der Waals surface area (Å²) in [6.07, 6.45) is 4.96. The van der Waals surface area contributed by atoms with Crippen molar-refractivity contribution in [3.63, 3.8) is 0 Å². The number of aromatic nitrogens is 3. The third kappa shape index (κ3) is 3.18. The number of nitrogens with zero attached hydrogens (tertiary/aromatic N) is 3. The van der Waals surface area contributed by atoms with Crippen molar-refractivity contribution in [2.45, 2.75) is 18.9 Å². The molecule has 25 heavy (non-hydrogen) atoms. The fourth-order valence-electron chi connectivity index (χ4n) is 2.84. The number of anilines is 1. The van der Waals surface area contributed by atoms with E-state index in [1.165, 1.54) is 0 Å². The minimum atomic E-state index is -0.188. The summed E-state index contributed by atoms with van der Waals surface area (Å²) in [5.74, 6) is 2.13. The van der Waals surface area contributed by atoms with Crippen LogP contribution in [0.2, 0.25) is 5.02 Å². The summed E-state index contributed by atoms with van der Waals surface area (Å²) < 4.78 is 7.41. The van der Waals surface area contributed by atoms with Gasteiger partial charge in [0.05, 0.1) is 6.26 Å². The molecule has 0 radical (unpaired) electrons. The summed E-state index contributed by atoms with van der Waals surface area (Å²) in [6, 6.07) is 11.2. The Morgan fingerprint density at radius 3 is 2.80 bits per heavy atom. The lowest BCUT2D eigenvalue weighted by atomic mass is 10.1. The van der Waals surface area contributed by atoms with Crippen LogP contribution in [0.5, 0.6) is 0 Å². The molecule has 2 N–H and O–H groups in total. The number of fused-ring (bicyclic) bond motifs is 1. The smallest absolute Gasteiger partial charge is 0.226 e. The Balaban J connectivity index is 1.74. The molecule has 1 atom stereocenters. The average Bonchev–Trinajstić information content (AvgIpc) is 3.29. The number of benzene rings is 1. The lowest BCUT2D eigenvalue weighted by Crippen LogP contribution is -2.19. The fourth-order valence-corrected chi connectivity index (χ4v) is 2.97. The molecule has 0 saturated heterocycles. The highest BCUT2D eigenvalue weighted by molar-refractivity contribution is 6.30. The van der Waals surface area contributed by atoms with E-state index in [4.69, 9.17) is 21.1 Å². The second kappa shape index (κ2) is 6.74. The highest BCUT2D eigenvalue weighted by Crippen LogP contribution is 2.33. The Morgan fingerprint density at radius 2 is 2.08 bits per heavy atom. The molecule has 7 heteroatoms. The van der Waals surface area contributed by atoms with Gasteiger partial charge in [-0.2, -0.15) is 10.1 Å². The van der Waals surface area contributed by atoms with Gasteiger partial charge < -0.3 is 14.8 Å². The first-order valence-corrected chi connectivity index (χ1v) is 8.47. The molecule has 0 spiro atoms. The standard InChI is InChI=1S/C18H17ClN4O2/c19-13-7-5-12(6-8-13)14-11-15(16-3-2-10-25-16)23-18(20-14)21-17(22-23)4-1-9-24/h2-3,5-8,10-11,15,24H,1,4,9H2,(H,20,21,22)/t15-/m0/s1. The van der Waals surface area contributed by atoms with Crippen molar-refractivity contribution in [1.29, 1.82) is 0 Å². The highest BCUT2D eigenvalue weighted by atomic mass is 35.5. The third-order valence-electron chi connectivity index (χ3n) is 4.06. The molecular weight excluding hydrogens is 340 g/mol. The Morgan fingerprint density at radius 1 is 1.24 bits per heavy atom. The number of allylic oxidation sites excluding steroid dienone is 1. The first-order valence-electron chi connectivity index (χ1n) is 8.09. The minimum absolute atomic E-state index is 0.118. The van der Waals surface area contributed by atoms with Crippen LogP contribution in [-0.2, 0) is 6.42 Å². The van der Waals surface area contributed by atoms with E-state index >= 15 is 0 Å². The average molecular weight is 357 g/mol. The van der Waals surface area contributed by atoms with Gasteiger partial charge in [0.15, 0.2) is 5.82 Å². The molecular formula is C18H17ClN4O2. The summed E-state index contributed by atoms with van der Waals surface area (Å²) in [5.41, 5.74) is 1.93. The maximum Gasteiger partial charge on any atom is 0.226 e. The number of aryl methyl sites for hydroxylation is 1. The van der Waals surface area contributed by atoms with Crippen LogP contribution in [0.1, 0.15) is 29.6 Å². The number of rotatable bonds is 5. The Bertz CT molecular complexity index is 884. The molecule has 0 unspecified atom stereocenters. The highest BCUT2D eigenvalue weighted by Gasteiger charge is 2.26. The Hall–Kier alpha value is -2.57. The summed E-state index contributed by atoms with van der Waals surface area (Å²) in [7, 11) is 0. The predicted octanol–water partition coefficient (Wildman–Crippen LogP) is 3.51. The van der Waals surface area contributed by atoms with E-state index in [9.17, 15) is 0 Å². The van der Waals surface area contributed by atoms with Gasteiger partial charge in [-0.3, -0.25) is 0 Å². The van der Waals surface area contributed by atoms with E-state index in [0.717, 1.165) is 17.0 Å². The zero-order valence-electron chi connectivity index (χ0n) is 13.4. The molecule has 1 aromatic carbocycles. The summed E-state index contributed by atoms with van der Waals surface area (Å²) in [4.78, 5) is 4.56. The largest absolute Gasteiger partial charge is 0.467 e. The van der Waals surface area contributed by atoms with Crippen LogP contribution < -0.4 is 5.32 Å². The molecule has 2 aromatic heterocycles. The molecule has 0 fully saturated rings. The van der Waals surface area contributed by atoms with Gasteiger partial charge in [-0.05, 0) is 42.3 Å². The maximum atomic E-state index is 9.03. The number of aliphatic hydroxyl groups excluding tert-OH is 1. The number of hydrogen-bond acceptors (Lipinski definition) is 5. The first-order chi connectivity index (χ1) is 12.2. The maximum absolute atomic E-state index is 9.03. The summed E-state index contributed by atoms with van der Waals surface area (Å²) >= 11 is 5.99. The molecule has 3 aromatic rings. The Labute approximate surface area is 149 Å². The molecule has 0 aliphatic carbocycles. The van der Waals surface area contributed by atoms with Crippen LogP contribution in [-0.4, -0.2) is 26.5 Å². The zero-order chi connectivity index (χ0) is 17.2. The van der Waals surface area contributed by atoms with Crippen LogP contribution in [0.25, 0.3) is 5.70 Å². The van der Waals surface area contributed by atoms with Gasteiger partial charge in [0.1, 0.15) is 11.8 Å². The quantitative estimate of drug-likeness (QED) is 0.731. The lowest BCUT2D eigenvalue weighted by Gasteiger charge is -2.22. The van der Waals surface area contributed by atoms with Crippen LogP contribution in [0.15, 0.2) is 53.2 Å². The van der Waals surface area contributed by atoms with Crippen molar-refractivity contribution in [1.82, 2.24) is 14.8 Å². The van der Waals surface area contributed by atoms with E-state index in [1.54, 1.807) is 6.26 Å². The molecule has 128 valence electrons. The van der Waals surface area contributed by atoms with E-state index < -0.39 is 0 Å². The van der Waals surface area contributed by atoms with Crippen molar-refractivity contribution in [2.75, 3.05) is 11.9 Å². The SMILES string of the molecule is OCCCc1nc2n(n1)[C@H](c1ccco1)C=C(c1ccc(Cl)cc1)N2.